The van der Waals surface area contributed by atoms with E-state index in [1.807, 2.05) is 27.7 Å². The lowest BCUT2D eigenvalue weighted by Crippen LogP contribution is -2.45. The lowest BCUT2D eigenvalue weighted by atomic mass is 9.64. The summed E-state index contributed by atoms with van der Waals surface area (Å²) in [6, 6.07) is 0. The second-order valence-corrected chi connectivity index (χ2v) is 11.0. The van der Waals surface area contributed by atoms with E-state index in [0.717, 1.165) is 19.3 Å². The SMILES string of the molecule is CCC(C)(C)C(=O)O[C@H]1C[C@@H](C)C=C2C=C[C@H](C)[C@H](CC[C@]3(C)C[C@@H](O)CC(=O)O3)[C@H]21. The quantitative estimate of drug-likeness (QED) is 0.600. The predicted octanol–water partition coefficient (Wildman–Crippen LogP) is 4.98. The monoisotopic (exact) mass is 432 g/mol. The van der Waals surface area contributed by atoms with E-state index in [0.29, 0.717) is 30.6 Å². The summed E-state index contributed by atoms with van der Waals surface area (Å²) in [4.78, 5) is 24.8. The zero-order valence-electron chi connectivity index (χ0n) is 20.0. The molecule has 2 aliphatic carbocycles. The van der Waals surface area contributed by atoms with Crippen molar-refractivity contribution in [3.8, 4) is 0 Å². The van der Waals surface area contributed by atoms with Crippen LogP contribution in [0.3, 0.4) is 0 Å². The number of hydrogen-bond donors (Lipinski definition) is 1. The fourth-order valence-electron chi connectivity index (χ4n) is 5.41. The van der Waals surface area contributed by atoms with Crippen molar-refractivity contribution < 1.29 is 24.2 Å². The van der Waals surface area contributed by atoms with Crippen LogP contribution in [0.4, 0.5) is 0 Å². The Balaban J connectivity index is 1.80. The molecule has 7 atom stereocenters. The van der Waals surface area contributed by atoms with Gasteiger partial charge in [0, 0.05) is 12.3 Å². The smallest absolute Gasteiger partial charge is 0.311 e. The normalized spacial score (nSPS) is 38.2. The molecular formula is C26H40O5. The maximum Gasteiger partial charge on any atom is 0.311 e. The highest BCUT2D eigenvalue weighted by atomic mass is 16.6. The van der Waals surface area contributed by atoms with Crippen molar-refractivity contribution in [2.45, 2.75) is 97.9 Å². The molecule has 1 N–H and O–H groups in total. The Morgan fingerprint density at radius 2 is 2.06 bits per heavy atom. The van der Waals surface area contributed by atoms with Crippen molar-refractivity contribution in [1.29, 1.82) is 0 Å². The van der Waals surface area contributed by atoms with Crippen LogP contribution in [0, 0.1) is 29.1 Å². The lowest BCUT2D eigenvalue weighted by Gasteiger charge is -2.45. The van der Waals surface area contributed by atoms with E-state index in [4.69, 9.17) is 9.47 Å². The Kier molecular flexibility index (Phi) is 7.05. The van der Waals surface area contributed by atoms with Gasteiger partial charge in [-0.05, 0) is 69.8 Å². The summed E-state index contributed by atoms with van der Waals surface area (Å²) in [6.07, 6.45) is 9.69. The summed E-state index contributed by atoms with van der Waals surface area (Å²) < 4.78 is 11.8. The first-order valence-electron chi connectivity index (χ1n) is 11.9. The Bertz CT molecular complexity index is 751. The van der Waals surface area contributed by atoms with Gasteiger partial charge in [0.25, 0.3) is 0 Å². The number of allylic oxidation sites excluding steroid dienone is 3. The number of rotatable bonds is 6. The summed E-state index contributed by atoms with van der Waals surface area (Å²) in [6.45, 7) is 12.2. The predicted molar refractivity (Wildman–Crippen MR) is 120 cm³/mol. The molecule has 0 amide bonds. The maximum atomic E-state index is 12.9. The van der Waals surface area contributed by atoms with Gasteiger partial charge in [0.05, 0.1) is 17.9 Å². The maximum absolute atomic E-state index is 12.9. The van der Waals surface area contributed by atoms with E-state index < -0.39 is 17.1 Å². The average molecular weight is 433 g/mol. The van der Waals surface area contributed by atoms with Crippen molar-refractivity contribution in [2.75, 3.05) is 0 Å². The first kappa shape index (κ1) is 24.0. The molecule has 174 valence electrons. The number of carbonyl (C=O) groups excluding carboxylic acids is 2. The molecule has 3 aliphatic rings. The van der Waals surface area contributed by atoms with Gasteiger partial charge in [-0.1, -0.05) is 39.0 Å². The summed E-state index contributed by atoms with van der Waals surface area (Å²) in [5, 5.41) is 10.1. The molecule has 0 radical (unpaired) electrons. The van der Waals surface area contributed by atoms with Crippen molar-refractivity contribution in [2.24, 2.45) is 29.1 Å². The minimum Gasteiger partial charge on any atom is -0.461 e. The highest BCUT2D eigenvalue weighted by Gasteiger charge is 2.44. The number of aliphatic hydroxyl groups is 1. The Hall–Kier alpha value is -1.62. The summed E-state index contributed by atoms with van der Waals surface area (Å²) in [7, 11) is 0. The van der Waals surface area contributed by atoms with E-state index in [2.05, 4.69) is 32.1 Å². The van der Waals surface area contributed by atoms with E-state index in [1.54, 1.807) is 0 Å². The molecule has 0 saturated carbocycles. The van der Waals surface area contributed by atoms with Crippen LogP contribution in [0.1, 0.15) is 80.1 Å². The molecule has 0 aromatic carbocycles. The van der Waals surface area contributed by atoms with Crippen LogP contribution in [0.25, 0.3) is 0 Å². The van der Waals surface area contributed by atoms with Gasteiger partial charge in [-0.2, -0.15) is 0 Å². The third kappa shape index (κ3) is 5.42. The van der Waals surface area contributed by atoms with Gasteiger partial charge in [0.2, 0.25) is 0 Å². The Morgan fingerprint density at radius 3 is 2.71 bits per heavy atom. The molecular weight excluding hydrogens is 392 g/mol. The van der Waals surface area contributed by atoms with Crippen LogP contribution in [0.5, 0.6) is 0 Å². The topological polar surface area (TPSA) is 72.8 Å². The number of aliphatic hydroxyl groups excluding tert-OH is 1. The lowest BCUT2D eigenvalue weighted by molar-refractivity contribution is -0.176. The molecule has 0 spiro atoms. The third-order valence-electron chi connectivity index (χ3n) is 7.73. The molecule has 0 aromatic rings. The molecule has 31 heavy (non-hydrogen) atoms. The van der Waals surface area contributed by atoms with Gasteiger partial charge < -0.3 is 14.6 Å². The van der Waals surface area contributed by atoms with Gasteiger partial charge in [-0.15, -0.1) is 0 Å². The third-order valence-corrected chi connectivity index (χ3v) is 7.73. The van der Waals surface area contributed by atoms with Crippen LogP contribution in [-0.4, -0.2) is 34.9 Å². The Morgan fingerprint density at radius 1 is 1.35 bits per heavy atom. The van der Waals surface area contributed by atoms with Crippen LogP contribution in [0.2, 0.25) is 0 Å². The first-order chi connectivity index (χ1) is 14.4. The van der Waals surface area contributed by atoms with E-state index in [1.165, 1.54) is 5.57 Å². The molecule has 0 aromatic heterocycles. The van der Waals surface area contributed by atoms with Crippen LogP contribution >= 0.6 is 0 Å². The second-order valence-electron chi connectivity index (χ2n) is 11.0. The van der Waals surface area contributed by atoms with Gasteiger partial charge in [0.1, 0.15) is 11.7 Å². The summed E-state index contributed by atoms with van der Waals surface area (Å²) >= 11 is 0. The number of esters is 2. The number of carbonyl (C=O) groups is 2. The minimum atomic E-state index is -0.641. The second kappa shape index (κ2) is 9.09. The molecule has 3 rings (SSSR count). The molecule has 1 fully saturated rings. The number of ether oxygens (including phenoxy) is 2. The largest absolute Gasteiger partial charge is 0.461 e. The average Bonchev–Trinajstić information content (AvgIpc) is 2.66. The highest BCUT2D eigenvalue weighted by molar-refractivity contribution is 5.76. The highest BCUT2D eigenvalue weighted by Crippen LogP contribution is 2.46. The van der Waals surface area contributed by atoms with E-state index in [9.17, 15) is 14.7 Å². The molecule has 1 saturated heterocycles. The Labute approximate surface area is 187 Å². The minimum absolute atomic E-state index is 0.0802. The first-order valence-corrected chi connectivity index (χ1v) is 11.9. The van der Waals surface area contributed by atoms with E-state index >= 15 is 0 Å². The van der Waals surface area contributed by atoms with Gasteiger partial charge in [-0.25, -0.2) is 0 Å². The summed E-state index contributed by atoms with van der Waals surface area (Å²) in [5.74, 6) is 0.703. The van der Waals surface area contributed by atoms with Crippen LogP contribution < -0.4 is 0 Å². The number of cyclic esters (lactones) is 1. The van der Waals surface area contributed by atoms with Crippen LogP contribution in [-0.2, 0) is 19.1 Å². The molecule has 0 bridgehead atoms. The molecule has 0 unspecified atom stereocenters. The zero-order chi connectivity index (χ0) is 23.0. The van der Waals surface area contributed by atoms with Crippen molar-refractivity contribution in [3.05, 3.63) is 23.8 Å². The van der Waals surface area contributed by atoms with Crippen molar-refractivity contribution >= 4 is 11.9 Å². The molecule has 1 aliphatic heterocycles. The van der Waals surface area contributed by atoms with Crippen molar-refractivity contribution in [3.63, 3.8) is 0 Å². The molecule has 5 nitrogen and oxygen atoms in total. The van der Waals surface area contributed by atoms with Gasteiger partial charge in [-0.3, -0.25) is 9.59 Å². The fourth-order valence-corrected chi connectivity index (χ4v) is 5.41. The number of fused-ring (bicyclic) bond motifs is 1. The van der Waals surface area contributed by atoms with Gasteiger partial charge >= 0.3 is 11.9 Å². The van der Waals surface area contributed by atoms with Gasteiger partial charge in [0.15, 0.2) is 0 Å². The number of hydrogen-bond acceptors (Lipinski definition) is 5. The van der Waals surface area contributed by atoms with E-state index in [-0.39, 0.29) is 30.4 Å². The molecule has 1 heterocycles. The zero-order valence-corrected chi connectivity index (χ0v) is 20.0. The fraction of sp³-hybridized carbons (Fsp3) is 0.769. The van der Waals surface area contributed by atoms with Crippen molar-refractivity contribution in [1.82, 2.24) is 0 Å². The standard InChI is InChI=1S/C26H40O5/c1-7-25(4,5)24(29)30-21-13-16(2)12-18-9-8-17(3)20(23(18)21)10-11-26(6)15-19(27)14-22(28)31-26/h8-9,12,16-17,19-21,23,27H,7,10-11,13-15H2,1-6H3/t16-,17-,19-,20-,21-,23-,26+/m0/s1. The molecule has 5 heteroatoms. The van der Waals surface area contributed by atoms with Crippen LogP contribution in [0.15, 0.2) is 23.8 Å². The summed E-state index contributed by atoms with van der Waals surface area (Å²) in [5.41, 5.74) is 0.133.